The average molecular weight is 875 g/mol. The van der Waals surface area contributed by atoms with Crippen LogP contribution in [0.15, 0.2) is 150 Å². The molecule has 1 aromatic heterocycles. The van der Waals surface area contributed by atoms with Crippen molar-refractivity contribution in [1.82, 2.24) is 0 Å². The van der Waals surface area contributed by atoms with Gasteiger partial charge >= 0.3 is 0 Å². The Morgan fingerprint density at radius 1 is 0.885 bits per heavy atom. The van der Waals surface area contributed by atoms with Crippen LogP contribution >= 0.6 is 66.7 Å². The number of hydrogen-bond acceptors (Lipinski definition) is 8. The van der Waals surface area contributed by atoms with Gasteiger partial charge < -0.3 is 14.4 Å². The Morgan fingerprint density at radius 2 is 1.58 bits per heavy atom. The zero-order valence-corrected chi connectivity index (χ0v) is 33.5. The number of anilines is 1. The van der Waals surface area contributed by atoms with Crippen LogP contribution < -0.4 is 18.9 Å². The summed E-state index contributed by atoms with van der Waals surface area (Å²) in [4.78, 5) is 17.0. The van der Waals surface area contributed by atoms with Crippen LogP contribution in [0.4, 0.5) is 11.4 Å². The van der Waals surface area contributed by atoms with Gasteiger partial charge in [-0.3, -0.25) is 10.1 Å². The standard InChI is InChI=1S/C40H32Br2N3O4S3/c1-27-7-17-35-37(23-27)51-39(43(35)19-21-48-31-13-8-28(41)9-14-31)25-34(50-33-5-3-2-4-6-33)26-40-44(20-22-49-32-15-10-29(42)11-16-32)36-18-12-30(45(46)47)24-38(36)52-40/h2-18,23-26H,19-22H2,1H3/q+1. The Labute approximate surface area is 331 Å². The fourth-order valence-corrected chi connectivity index (χ4v) is 9.63. The zero-order chi connectivity index (χ0) is 36.0. The Kier molecular flexibility index (Phi) is 11.7. The molecule has 0 fully saturated rings. The van der Waals surface area contributed by atoms with Crippen molar-refractivity contribution < 1.29 is 19.0 Å². The SMILES string of the molecule is Cc1ccc2c(c1)SC(=CC(=Cc1sc3cc([N+](=O)[O-])ccc3[n+]1CCOc1ccc(Br)cc1)Sc1ccccc1)N2CCOc1ccc(Br)cc1. The number of nitro benzene ring substituents is 1. The van der Waals surface area contributed by atoms with Crippen molar-refractivity contribution >= 4 is 94.4 Å². The Morgan fingerprint density at radius 3 is 2.27 bits per heavy atom. The molecule has 0 saturated heterocycles. The van der Waals surface area contributed by atoms with Gasteiger partial charge in [0.2, 0.25) is 5.52 Å². The monoisotopic (exact) mass is 872 g/mol. The second-order valence-corrected chi connectivity index (χ2v) is 16.9. The lowest BCUT2D eigenvalue weighted by Gasteiger charge is -2.21. The molecule has 5 aromatic carbocycles. The lowest BCUT2D eigenvalue weighted by molar-refractivity contribution is -0.669. The highest BCUT2D eigenvalue weighted by Gasteiger charge is 2.27. The third-order valence-corrected chi connectivity index (χ3v) is 12.3. The summed E-state index contributed by atoms with van der Waals surface area (Å²) in [5, 5.41) is 13.8. The molecule has 262 valence electrons. The third kappa shape index (κ3) is 8.92. The molecule has 0 N–H and O–H groups in total. The molecule has 0 aliphatic carbocycles. The highest BCUT2D eigenvalue weighted by Crippen LogP contribution is 2.47. The number of ether oxygens (including phenoxy) is 2. The summed E-state index contributed by atoms with van der Waals surface area (Å²) in [6.07, 6.45) is 4.43. The van der Waals surface area contributed by atoms with Crippen LogP contribution in [0.3, 0.4) is 0 Å². The maximum absolute atomic E-state index is 11.7. The maximum Gasteiger partial charge on any atom is 0.271 e. The third-order valence-electron chi connectivity index (χ3n) is 8.12. The van der Waals surface area contributed by atoms with Crippen molar-refractivity contribution in [2.75, 3.05) is 24.7 Å². The van der Waals surface area contributed by atoms with Crippen molar-refractivity contribution in [1.29, 1.82) is 0 Å². The highest BCUT2D eigenvalue weighted by molar-refractivity contribution is 9.10. The van der Waals surface area contributed by atoms with E-state index in [2.05, 4.69) is 90.7 Å². The van der Waals surface area contributed by atoms with Crippen LogP contribution in [0.25, 0.3) is 16.3 Å². The molecule has 0 unspecified atom stereocenters. The number of fused-ring (bicyclic) bond motifs is 2. The molecule has 0 spiro atoms. The first-order valence-electron chi connectivity index (χ1n) is 16.4. The van der Waals surface area contributed by atoms with Crippen LogP contribution in [0.5, 0.6) is 11.5 Å². The smallest absolute Gasteiger partial charge is 0.271 e. The first-order valence-corrected chi connectivity index (χ1v) is 20.4. The number of thioether (sulfide) groups is 2. The summed E-state index contributed by atoms with van der Waals surface area (Å²) in [6.45, 7) is 4.26. The molecule has 7 nitrogen and oxygen atoms in total. The molecule has 0 radical (unpaired) electrons. The van der Waals surface area contributed by atoms with Crippen LogP contribution in [0.1, 0.15) is 10.6 Å². The van der Waals surface area contributed by atoms with Crippen molar-refractivity contribution in [3.05, 3.63) is 161 Å². The first kappa shape index (κ1) is 36.3. The molecule has 52 heavy (non-hydrogen) atoms. The van der Waals surface area contributed by atoms with E-state index in [1.165, 1.54) is 21.8 Å². The Hall–Kier alpha value is -4.07. The number of hydrogen-bond donors (Lipinski definition) is 0. The molecule has 0 saturated carbocycles. The minimum absolute atomic E-state index is 0.0694. The molecule has 0 bridgehead atoms. The van der Waals surface area contributed by atoms with E-state index in [1.54, 1.807) is 35.7 Å². The number of benzene rings is 5. The Balaban J connectivity index is 1.26. The van der Waals surface area contributed by atoms with E-state index in [-0.39, 0.29) is 10.6 Å². The van der Waals surface area contributed by atoms with Gasteiger partial charge in [0, 0.05) is 47.9 Å². The summed E-state index contributed by atoms with van der Waals surface area (Å²) in [5.74, 6) is 1.60. The minimum atomic E-state index is -0.345. The van der Waals surface area contributed by atoms with Gasteiger partial charge in [-0.2, -0.15) is 4.57 Å². The zero-order valence-electron chi connectivity index (χ0n) is 27.9. The lowest BCUT2D eigenvalue weighted by atomic mass is 10.2. The number of nitrogens with zero attached hydrogens (tertiary/aromatic N) is 3. The van der Waals surface area contributed by atoms with Gasteiger partial charge in [-0.05, 0) is 91.4 Å². The van der Waals surface area contributed by atoms with E-state index < -0.39 is 0 Å². The number of allylic oxidation sites excluding steroid dienone is 1. The van der Waals surface area contributed by atoms with Crippen molar-refractivity contribution in [2.24, 2.45) is 0 Å². The van der Waals surface area contributed by atoms with Crippen LogP contribution in [0.2, 0.25) is 0 Å². The molecular formula is C40H32Br2N3O4S3+. The van der Waals surface area contributed by atoms with Gasteiger partial charge in [0.25, 0.3) is 10.7 Å². The summed E-state index contributed by atoms with van der Waals surface area (Å²) in [7, 11) is 0. The predicted molar refractivity (Wildman–Crippen MR) is 221 cm³/mol. The number of thiazole rings is 1. The molecule has 7 rings (SSSR count). The van der Waals surface area contributed by atoms with E-state index in [1.807, 2.05) is 72.8 Å². The second kappa shape index (κ2) is 16.7. The molecule has 1 aliphatic rings. The van der Waals surface area contributed by atoms with Gasteiger partial charge in [0.1, 0.15) is 29.4 Å². The number of nitro groups is 1. The number of rotatable bonds is 13. The van der Waals surface area contributed by atoms with Gasteiger partial charge in [0.15, 0.2) is 6.54 Å². The second-order valence-electron chi connectivity index (χ2n) is 11.8. The summed E-state index contributed by atoms with van der Waals surface area (Å²) in [5.41, 5.74) is 3.35. The average Bonchev–Trinajstić information content (AvgIpc) is 3.65. The maximum atomic E-state index is 11.7. The summed E-state index contributed by atoms with van der Waals surface area (Å²) < 4.78 is 17.3. The topological polar surface area (TPSA) is 68.7 Å². The molecule has 6 aromatic rings. The van der Waals surface area contributed by atoms with E-state index >= 15 is 0 Å². The molecule has 2 heterocycles. The quantitative estimate of drug-likeness (QED) is 0.0495. The molecular weight excluding hydrogens is 842 g/mol. The van der Waals surface area contributed by atoms with Gasteiger partial charge in [-0.25, -0.2) is 0 Å². The normalized spacial score (nSPS) is 13.5. The van der Waals surface area contributed by atoms with Crippen molar-refractivity contribution in [2.45, 2.75) is 23.3 Å². The summed E-state index contributed by atoms with van der Waals surface area (Å²) >= 11 is 12.0. The largest absolute Gasteiger partial charge is 0.492 e. The van der Waals surface area contributed by atoms with Gasteiger partial charge in [-0.1, -0.05) is 91.0 Å². The van der Waals surface area contributed by atoms with Crippen LogP contribution in [0, 0.1) is 17.0 Å². The fraction of sp³-hybridized carbons (Fsp3) is 0.125. The lowest BCUT2D eigenvalue weighted by Crippen LogP contribution is -2.38. The van der Waals surface area contributed by atoms with Gasteiger partial charge in [-0.15, -0.1) is 0 Å². The number of aromatic nitrogens is 1. The first-order chi connectivity index (χ1) is 25.3. The number of non-ortho nitro benzene ring substituents is 1. The van der Waals surface area contributed by atoms with E-state index in [9.17, 15) is 10.1 Å². The van der Waals surface area contributed by atoms with Crippen molar-refractivity contribution in [3.8, 4) is 11.5 Å². The molecule has 12 heteroatoms. The Bertz CT molecular complexity index is 2280. The predicted octanol–water partition coefficient (Wildman–Crippen LogP) is 11.7. The minimum Gasteiger partial charge on any atom is -0.492 e. The van der Waals surface area contributed by atoms with E-state index in [4.69, 9.17) is 9.47 Å². The van der Waals surface area contributed by atoms with Crippen molar-refractivity contribution in [3.63, 3.8) is 0 Å². The molecule has 1 aliphatic heterocycles. The van der Waals surface area contributed by atoms with E-state index in [0.29, 0.717) is 26.3 Å². The van der Waals surface area contributed by atoms with Crippen LogP contribution in [-0.4, -0.2) is 24.7 Å². The molecule has 0 atom stereocenters. The fourth-order valence-electron chi connectivity index (χ4n) is 5.64. The van der Waals surface area contributed by atoms with E-state index in [0.717, 1.165) is 56.2 Å². The molecule has 0 amide bonds. The highest BCUT2D eigenvalue weighted by atomic mass is 79.9. The summed E-state index contributed by atoms with van der Waals surface area (Å²) in [6, 6.07) is 37.6. The number of halogens is 2. The number of aryl methyl sites for hydroxylation is 1. The van der Waals surface area contributed by atoms with Gasteiger partial charge in [0.05, 0.1) is 22.2 Å². The van der Waals surface area contributed by atoms with Crippen LogP contribution in [-0.2, 0) is 6.54 Å².